The molecule has 0 bridgehead atoms. The topological polar surface area (TPSA) is 18.5 Å². The van der Waals surface area contributed by atoms with E-state index in [4.69, 9.17) is 0 Å². The predicted molar refractivity (Wildman–Crippen MR) is 73.4 cm³/mol. The molecule has 0 radical (unpaired) electrons. The van der Waals surface area contributed by atoms with E-state index in [-0.39, 0.29) is 5.54 Å². The van der Waals surface area contributed by atoms with Crippen molar-refractivity contribution in [2.45, 2.75) is 57.7 Å². The second kappa shape index (κ2) is 5.25. The quantitative estimate of drug-likeness (QED) is 0.788. The van der Waals surface area contributed by atoms with Gasteiger partial charge in [-0.05, 0) is 47.1 Å². The maximum Gasteiger partial charge on any atom is 0.0113 e. The number of rotatable bonds is 2. The molecule has 0 unspecified atom stereocenters. The lowest BCUT2D eigenvalue weighted by molar-refractivity contribution is 0.112. The second-order valence-electron chi connectivity index (χ2n) is 6.90. The summed E-state index contributed by atoms with van der Waals surface area (Å²) in [5.74, 6) is 0. The zero-order chi connectivity index (χ0) is 12.5. The minimum atomic E-state index is 0.266. The van der Waals surface area contributed by atoms with E-state index in [0.29, 0.717) is 0 Å². The summed E-state index contributed by atoms with van der Waals surface area (Å²) in [5.41, 5.74) is 0.266. The Hall–Kier alpha value is -0.120. The molecule has 0 aromatic heterocycles. The molecule has 2 fully saturated rings. The van der Waals surface area contributed by atoms with Crippen LogP contribution in [0.15, 0.2) is 0 Å². The van der Waals surface area contributed by atoms with Crippen LogP contribution in [-0.2, 0) is 0 Å². The van der Waals surface area contributed by atoms with E-state index in [1.54, 1.807) is 0 Å². The molecule has 1 aliphatic heterocycles. The SMILES string of the molecule is CN1CCN([C@@H]2CC[C@@H](NC(C)(C)C)C2)CC1. The molecule has 0 amide bonds. The van der Waals surface area contributed by atoms with Gasteiger partial charge in [0.25, 0.3) is 0 Å². The number of likely N-dealkylation sites (N-methyl/N-ethyl adjacent to an activating group) is 1. The van der Waals surface area contributed by atoms with Crippen molar-refractivity contribution in [3.63, 3.8) is 0 Å². The van der Waals surface area contributed by atoms with E-state index in [9.17, 15) is 0 Å². The van der Waals surface area contributed by atoms with Gasteiger partial charge in [-0.15, -0.1) is 0 Å². The van der Waals surface area contributed by atoms with Gasteiger partial charge >= 0.3 is 0 Å². The maximum absolute atomic E-state index is 3.76. The highest BCUT2D eigenvalue weighted by Crippen LogP contribution is 2.26. The van der Waals surface area contributed by atoms with Gasteiger partial charge in [-0.3, -0.25) is 4.90 Å². The van der Waals surface area contributed by atoms with Crippen LogP contribution < -0.4 is 5.32 Å². The lowest BCUT2D eigenvalue weighted by Crippen LogP contribution is -2.49. The van der Waals surface area contributed by atoms with Crippen LogP contribution in [0.5, 0.6) is 0 Å². The molecular formula is C14H29N3. The minimum absolute atomic E-state index is 0.266. The molecule has 2 atom stereocenters. The van der Waals surface area contributed by atoms with Gasteiger partial charge in [0.1, 0.15) is 0 Å². The molecule has 3 heteroatoms. The number of piperazine rings is 1. The molecule has 1 saturated heterocycles. The van der Waals surface area contributed by atoms with Gasteiger partial charge in [0.2, 0.25) is 0 Å². The van der Waals surface area contributed by atoms with Crippen LogP contribution in [0.4, 0.5) is 0 Å². The van der Waals surface area contributed by atoms with Crippen LogP contribution in [0.3, 0.4) is 0 Å². The van der Waals surface area contributed by atoms with E-state index >= 15 is 0 Å². The van der Waals surface area contributed by atoms with Crippen molar-refractivity contribution in [2.24, 2.45) is 0 Å². The summed E-state index contributed by atoms with van der Waals surface area (Å²) in [6.07, 6.45) is 4.09. The van der Waals surface area contributed by atoms with E-state index in [2.05, 4.69) is 42.9 Å². The Morgan fingerprint density at radius 1 is 1.00 bits per heavy atom. The lowest BCUT2D eigenvalue weighted by atomic mass is 10.1. The summed E-state index contributed by atoms with van der Waals surface area (Å²) < 4.78 is 0. The molecule has 1 heterocycles. The molecule has 100 valence electrons. The Kier molecular flexibility index (Phi) is 4.11. The first-order valence-electron chi connectivity index (χ1n) is 7.14. The van der Waals surface area contributed by atoms with Gasteiger partial charge in [-0.1, -0.05) is 0 Å². The number of hydrogen-bond donors (Lipinski definition) is 1. The fraction of sp³-hybridized carbons (Fsp3) is 1.00. The smallest absolute Gasteiger partial charge is 0.0113 e. The van der Waals surface area contributed by atoms with Crippen LogP contribution in [0.1, 0.15) is 40.0 Å². The fourth-order valence-corrected chi connectivity index (χ4v) is 3.22. The summed E-state index contributed by atoms with van der Waals surface area (Å²) in [6.45, 7) is 11.8. The minimum Gasteiger partial charge on any atom is -0.309 e. The van der Waals surface area contributed by atoms with Crippen molar-refractivity contribution in [1.82, 2.24) is 15.1 Å². The van der Waals surface area contributed by atoms with Crippen LogP contribution in [0.25, 0.3) is 0 Å². The van der Waals surface area contributed by atoms with Crippen LogP contribution in [-0.4, -0.2) is 60.6 Å². The standard InChI is InChI=1S/C14H29N3/c1-14(2,3)15-12-5-6-13(11-12)17-9-7-16(4)8-10-17/h12-13,15H,5-11H2,1-4H3/t12-,13-/m1/s1. The third-order valence-corrected chi connectivity index (χ3v) is 4.10. The summed E-state index contributed by atoms with van der Waals surface area (Å²) in [4.78, 5) is 5.15. The fourth-order valence-electron chi connectivity index (χ4n) is 3.22. The molecule has 0 spiro atoms. The van der Waals surface area contributed by atoms with Crippen molar-refractivity contribution >= 4 is 0 Å². The van der Waals surface area contributed by atoms with Gasteiger partial charge < -0.3 is 10.2 Å². The van der Waals surface area contributed by atoms with Gasteiger partial charge in [0.15, 0.2) is 0 Å². The first-order valence-corrected chi connectivity index (χ1v) is 7.14. The zero-order valence-electron chi connectivity index (χ0n) is 12.0. The summed E-state index contributed by atoms with van der Waals surface area (Å²) in [7, 11) is 2.23. The van der Waals surface area contributed by atoms with Crippen LogP contribution >= 0.6 is 0 Å². The highest BCUT2D eigenvalue weighted by atomic mass is 15.3. The molecule has 1 saturated carbocycles. The van der Waals surface area contributed by atoms with E-state index in [0.717, 1.165) is 12.1 Å². The third kappa shape index (κ3) is 3.94. The molecule has 2 rings (SSSR count). The monoisotopic (exact) mass is 239 g/mol. The lowest BCUT2D eigenvalue weighted by Gasteiger charge is -2.36. The van der Waals surface area contributed by atoms with Crippen molar-refractivity contribution in [2.75, 3.05) is 33.2 Å². The Morgan fingerprint density at radius 3 is 2.24 bits per heavy atom. The third-order valence-electron chi connectivity index (χ3n) is 4.10. The van der Waals surface area contributed by atoms with Gasteiger partial charge in [0, 0.05) is 43.8 Å². The number of nitrogens with one attached hydrogen (secondary N) is 1. The largest absolute Gasteiger partial charge is 0.309 e. The van der Waals surface area contributed by atoms with Crippen molar-refractivity contribution in [3.8, 4) is 0 Å². The van der Waals surface area contributed by atoms with Gasteiger partial charge in [0.05, 0.1) is 0 Å². The Bertz CT molecular complexity index is 238. The van der Waals surface area contributed by atoms with Gasteiger partial charge in [-0.2, -0.15) is 0 Å². The first kappa shape index (κ1) is 13.3. The number of hydrogen-bond acceptors (Lipinski definition) is 3. The maximum atomic E-state index is 3.76. The molecule has 3 nitrogen and oxygen atoms in total. The zero-order valence-corrected chi connectivity index (χ0v) is 12.0. The molecule has 17 heavy (non-hydrogen) atoms. The van der Waals surface area contributed by atoms with Crippen molar-refractivity contribution < 1.29 is 0 Å². The summed E-state index contributed by atoms with van der Waals surface area (Å²) >= 11 is 0. The van der Waals surface area contributed by atoms with Gasteiger partial charge in [-0.25, -0.2) is 0 Å². The molecule has 0 aromatic carbocycles. The van der Waals surface area contributed by atoms with Crippen molar-refractivity contribution in [1.29, 1.82) is 0 Å². The average Bonchev–Trinajstić information content (AvgIpc) is 2.64. The Morgan fingerprint density at radius 2 is 1.65 bits per heavy atom. The Labute approximate surface area is 107 Å². The highest BCUT2D eigenvalue weighted by Gasteiger charge is 2.31. The first-order chi connectivity index (χ1) is 7.94. The predicted octanol–water partition coefficient (Wildman–Crippen LogP) is 1.54. The van der Waals surface area contributed by atoms with E-state index in [1.807, 2.05) is 0 Å². The van der Waals surface area contributed by atoms with E-state index < -0.39 is 0 Å². The number of nitrogens with zero attached hydrogens (tertiary/aromatic N) is 2. The summed E-state index contributed by atoms with van der Waals surface area (Å²) in [5, 5.41) is 3.76. The molecule has 1 aliphatic carbocycles. The van der Waals surface area contributed by atoms with Crippen molar-refractivity contribution in [3.05, 3.63) is 0 Å². The average molecular weight is 239 g/mol. The second-order valence-corrected chi connectivity index (χ2v) is 6.90. The normalized spacial score (nSPS) is 33.2. The van der Waals surface area contributed by atoms with E-state index in [1.165, 1.54) is 45.4 Å². The molecule has 1 N–H and O–H groups in total. The molecular weight excluding hydrogens is 210 g/mol. The molecule has 2 aliphatic rings. The van der Waals surface area contributed by atoms with Crippen LogP contribution in [0.2, 0.25) is 0 Å². The van der Waals surface area contributed by atoms with Crippen LogP contribution in [0, 0.1) is 0 Å². The summed E-state index contributed by atoms with van der Waals surface area (Å²) in [6, 6.07) is 1.57. The molecule has 0 aromatic rings. The Balaban J connectivity index is 1.78. The highest BCUT2D eigenvalue weighted by molar-refractivity contribution is 4.91.